The van der Waals surface area contributed by atoms with E-state index in [1.165, 1.54) is 6.07 Å². The van der Waals surface area contributed by atoms with E-state index in [1.807, 2.05) is 6.08 Å². The molecule has 0 saturated heterocycles. The highest BCUT2D eigenvalue weighted by Gasteiger charge is 2.14. The molecule has 1 aromatic carbocycles. The Kier molecular flexibility index (Phi) is 3.76. The zero-order chi connectivity index (χ0) is 13.0. The van der Waals surface area contributed by atoms with E-state index in [0.717, 1.165) is 25.0 Å². The van der Waals surface area contributed by atoms with E-state index in [-0.39, 0.29) is 17.5 Å². The Morgan fingerprint density at radius 2 is 2.39 bits per heavy atom. The highest BCUT2D eigenvalue weighted by Crippen LogP contribution is 2.21. The normalized spacial score (nSPS) is 18.2. The number of nitrogens with zero attached hydrogens (tertiary/aromatic N) is 1. The molecule has 0 amide bonds. The average Bonchev–Trinajstić information content (AvgIpc) is 2.38. The van der Waals surface area contributed by atoms with Gasteiger partial charge in [0, 0.05) is 12.1 Å². The zero-order valence-corrected chi connectivity index (χ0v) is 9.64. The predicted molar refractivity (Wildman–Crippen MR) is 64.8 cm³/mol. The van der Waals surface area contributed by atoms with Gasteiger partial charge in [0.1, 0.15) is 11.9 Å². The summed E-state index contributed by atoms with van der Waals surface area (Å²) in [6.07, 6.45) is 5.28. The number of nitro benzene ring substituents is 1. The first-order valence-corrected chi connectivity index (χ1v) is 5.65. The first-order valence-electron chi connectivity index (χ1n) is 5.65. The van der Waals surface area contributed by atoms with Crippen LogP contribution < -0.4 is 5.32 Å². The van der Waals surface area contributed by atoms with E-state index >= 15 is 0 Å². The van der Waals surface area contributed by atoms with Gasteiger partial charge in [-0.1, -0.05) is 0 Å². The summed E-state index contributed by atoms with van der Waals surface area (Å²) in [5.41, 5.74) is -0.00860. The van der Waals surface area contributed by atoms with Crippen molar-refractivity contribution >= 4 is 11.4 Å². The molecule has 1 aliphatic heterocycles. The number of allylic oxidation sites excluding steroid dienone is 1. The third-order valence-corrected chi connectivity index (χ3v) is 2.70. The van der Waals surface area contributed by atoms with Crippen molar-refractivity contribution in [3.05, 3.63) is 46.5 Å². The van der Waals surface area contributed by atoms with E-state index < -0.39 is 10.7 Å². The van der Waals surface area contributed by atoms with Crippen LogP contribution in [0.15, 0.2) is 30.5 Å². The molecule has 96 valence electrons. The second kappa shape index (κ2) is 5.48. The molecule has 0 radical (unpaired) electrons. The molecule has 1 heterocycles. The smallest absolute Gasteiger partial charge is 0.271 e. The number of rotatable bonds is 4. The minimum atomic E-state index is -0.551. The van der Waals surface area contributed by atoms with Crippen LogP contribution in [-0.2, 0) is 4.74 Å². The maximum Gasteiger partial charge on any atom is 0.271 e. The summed E-state index contributed by atoms with van der Waals surface area (Å²) >= 11 is 0. The van der Waals surface area contributed by atoms with E-state index in [4.69, 9.17) is 4.74 Å². The molecule has 6 heteroatoms. The Balaban J connectivity index is 2.01. The fourth-order valence-corrected chi connectivity index (χ4v) is 1.72. The van der Waals surface area contributed by atoms with Crippen LogP contribution >= 0.6 is 0 Å². The Morgan fingerprint density at radius 3 is 3.06 bits per heavy atom. The number of nitrogens with one attached hydrogen (secondary N) is 1. The van der Waals surface area contributed by atoms with Gasteiger partial charge in [-0.05, 0) is 25.0 Å². The molecule has 1 aliphatic rings. The minimum Gasteiger partial charge on any atom is -0.497 e. The van der Waals surface area contributed by atoms with Gasteiger partial charge in [-0.2, -0.15) is 0 Å². The molecular formula is C12H13FN2O3. The van der Waals surface area contributed by atoms with Gasteiger partial charge in [-0.25, -0.2) is 4.39 Å². The number of non-ortho nitro benzene ring substituents is 1. The van der Waals surface area contributed by atoms with Crippen LogP contribution in [0.25, 0.3) is 0 Å². The fourth-order valence-electron chi connectivity index (χ4n) is 1.72. The van der Waals surface area contributed by atoms with Gasteiger partial charge in [-0.15, -0.1) is 0 Å². The number of anilines is 1. The van der Waals surface area contributed by atoms with Crippen molar-refractivity contribution in [2.75, 3.05) is 11.9 Å². The van der Waals surface area contributed by atoms with Crippen molar-refractivity contribution in [3.63, 3.8) is 0 Å². The zero-order valence-electron chi connectivity index (χ0n) is 9.64. The van der Waals surface area contributed by atoms with Crippen molar-refractivity contribution in [1.82, 2.24) is 0 Å². The van der Waals surface area contributed by atoms with Crippen LogP contribution in [0.5, 0.6) is 0 Å². The van der Waals surface area contributed by atoms with Crippen molar-refractivity contribution in [2.24, 2.45) is 0 Å². The van der Waals surface area contributed by atoms with E-state index in [0.29, 0.717) is 6.54 Å². The second-order valence-electron chi connectivity index (χ2n) is 4.01. The summed E-state index contributed by atoms with van der Waals surface area (Å²) in [4.78, 5) is 10.0. The minimum absolute atomic E-state index is 0.0336. The van der Waals surface area contributed by atoms with Gasteiger partial charge in [0.2, 0.25) is 0 Å². The van der Waals surface area contributed by atoms with Crippen molar-refractivity contribution in [1.29, 1.82) is 0 Å². The SMILES string of the molecule is O=[N+]([O-])c1ccc(F)c(NCC2CCC=CO2)c1. The van der Waals surface area contributed by atoms with Gasteiger partial charge in [0.25, 0.3) is 5.69 Å². The second-order valence-corrected chi connectivity index (χ2v) is 4.01. The largest absolute Gasteiger partial charge is 0.497 e. The summed E-state index contributed by atoms with van der Waals surface area (Å²) in [6.45, 7) is 0.419. The molecule has 18 heavy (non-hydrogen) atoms. The van der Waals surface area contributed by atoms with Crippen LogP contribution in [-0.4, -0.2) is 17.6 Å². The molecule has 0 aromatic heterocycles. The predicted octanol–water partition coefficient (Wildman–Crippen LogP) is 2.84. The third-order valence-electron chi connectivity index (χ3n) is 2.70. The lowest BCUT2D eigenvalue weighted by Crippen LogP contribution is -2.23. The Morgan fingerprint density at radius 1 is 1.56 bits per heavy atom. The van der Waals surface area contributed by atoms with Crippen molar-refractivity contribution in [2.45, 2.75) is 18.9 Å². The molecular weight excluding hydrogens is 239 g/mol. The molecule has 0 saturated carbocycles. The molecule has 1 atom stereocenters. The van der Waals surface area contributed by atoms with Gasteiger partial charge in [-0.3, -0.25) is 10.1 Å². The Hall–Kier alpha value is -2.11. The summed E-state index contributed by atoms with van der Waals surface area (Å²) < 4.78 is 18.8. The summed E-state index contributed by atoms with van der Waals surface area (Å²) in [5.74, 6) is -0.507. The first-order chi connectivity index (χ1) is 8.66. The molecule has 0 bridgehead atoms. The van der Waals surface area contributed by atoms with Crippen LogP contribution in [0.4, 0.5) is 15.8 Å². The number of benzene rings is 1. The number of hydrogen-bond donors (Lipinski definition) is 1. The highest BCUT2D eigenvalue weighted by atomic mass is 19.1. The summed E-state index contributed by atoms with van der Waals surface area (Å²) in [6, 6.07) is 3.41. The average molecular weight is 252 g/mol. The molecule has 1 unspecified atom stereocenters. The van der Waals surface area contributed by atoms with Crippen LogP contribution in [0, 0.1) is 15.9 Å². The Bertz CT molecular complexity index is 476. The van der Waals surface area contributed by atoms with Crippen LogP contribution in [0.3, 0.4) is 0 Å². The molecule has 0 fully saturated rings. The van der Waals surface area contributed by atoms with Gasteiger partial charge in [0.15, 0.2) is 0 Å². The standard InChI is InChI=1S/C12H13FN2O3/c13-11-5-4-9(15(16)17)7-12(11)14-8-10-3-1-2-6-18-10/h2,4-7,10,14H,1,3,8H2. The molecule has 5 nitrogen and oxygen atoms in total. The molecule has 0 spiro atoms. The van der Waals surface area contributed by atoms with Crippen LogP contribution in [0.1, 0.15) is 12.8 Å². The van der Waals surface area contributed by atoms with Crippen molar-refractivity contribution < 1.29 is 14.1 Å². The lowest BCUT2D eigenvalue weighted by atomic mass is 10.1. The lowest BCUT2D eigenvalue weighted by molar-refractivity contribution is -0.384. The monoisotopic (exact) mass is 252 g/mol. The third kappa shape index (κ3) is 2.97. The fraction of sp³-hybridized carbons (Fsp3) is 0.333. The number of nitro groups is 1. The van der Waals surface area contributed by atoms with Crippen LogP contribution in [0.2, 0.25) is 0 Å². The maximum atomic E-state index is 13.4. The lowest BCUT2D eigenvalue weighted by Gasteiger charge is -2.20. The molecule has 1 N–H and O–H groups in total. The maximum absolute atomic E-state index is 13.4. The first kappa shape index (κ1) is 12.3. The van der Waals surface area contributed by atoms with Gasteiger partial charge < -0.3 is 10.1 Å². The number of hydrogen-bond acceptors (Lipinski definition) is 4. The van der Waals surface area contributed by atoms with E-state index in [9.17, 15) is 14.5 Å². The molecule has 2 rings (SSSR count). The van der Waals surface area contributed by atoms with E-state index in [2.05, 4.69) is 5.32 Å². The van der Waals surface area contributed by atoms with Crippen molar-refractivity contribution in [3.8, 4) is 0 Å². The summed E-state index contributed by atoms with van der Waals surface area (Å²) in [7, 11) is 0. The van der Waals surface area contributed by atoms with Gasteiger partial charge in [0.05, 0.1) is 23.4 Å². The number of ether oxygens (including phenoxy) is 1. The Labute approximate surface area is 103 Å². The molecule has 0 aliphatic carbocycles. The molecule has 1 aromatic rings. The quantitative estimate of drug-likeness (QED) is 0.661. The highest BCUT2D eigenvalue weighted by molar-refractivity contribution is 5.52. The van der Waals surface area contributed by atoms with E-state index in [1.54, 1.807) is 6.26 Å². The number of halogens is 1. The van der Waals surface area contributed by atoms with Gasteiger partial charge >= 0.3 is 0 Å². The topological polar surface area (TPSA) is 64.4 Å². The summed E-state index contributed by atoms with van der Waals surface area (Å²) in [5, 5.41) is 13.4.